The summed E-state index contributed by atoms with van der Waals surface area (Å²) in [7, 11) is 0. The van der Waals surface area contributed by atoms with Crippen molar-refractivity contribution in [1.82, 2.24) is 0 Å². The van der Waals surface area contributed by atoms with Crippen LogP contribution in [0.1, 0.15) is 0 Å². The van der Waals surface area contributed by atoms with Crippen molar-refractivity contribution in [2.24, 2.45) is 0 Å². The Morgan fingerprint density at radius 3 is 2.53 bits per heavy atom. The molecule has 78 valence electrons. The van der Waals surface area contributed by atoms with Gasteiger partial charge in [0.1, 0.15) is 10.2 Å². The molecule has 0 amide bonds. The second kappa shape index (κ2) is 3.92. The number of rotatable bonds is 0. The van der Waals surface area contributed by atoms with E-state index in [0.717, 1.165) is 4.47 Å². The first-order valence-electron chi connectivity index (χ1n) is 3.81. The number of hydrogen-bond acceptors (Lipinski definition) is 3. The van der Waals surface area contributed by atoms with Crippen LogP contribution in [0.5, 0.6) is 5.75 Å². The molecule has 0 saturated carbocycles. The molecule has 1 heterocycles. The minimum absolute atomic E-state index is 0.0278. The molecule has 0 fully saturated rings. The van der Waals surface area contributed by atoms with Crippen LogP contribution >= 0.6 is 47.8 Å². The summed E-state index contributed by atoms with van der Waals surface area (Å²) in [5, 5.41) is 10.2. The normalized spacial score (nSPS) is 10.9. The van der Waals surface area contributed by atoms with E-state index in [2.05, 4.69) is 47.8 Å². The van der Waals surface area contributed by atoms with Crippen LogP contribution < -0.4 is 5.63 Å². The van der Waals surface area contributed by atoms with Gasteiger partial charge in [-0.25, -0.2) is 4.79 Å². The molecule has 2 rings (SSSR count). The predicted octanol–water partition coefficient (Wildman–Crippen LogP) is 3.79. The fourth-order valence-electron chi connectivity index (χ4n) is 1.19. The molecule has 1 aromatic heterocycles. The maximum absolute atomic E-state index is 11.3. The summed E-state index contributed by atoms with van der Waals surface area (Å²) in [5.74, 6) is -0.122. The van der Waals surface area contributed by atoms with Crippen molar-refractivity contribution in [3.05, 3.63) is 36.0 Å². The van der Waals surface area contributed by atoms with Crippen molar-refractivity contribution in [3.63, 3.8) is 0 Å². The van der Waals surface area contributed by atoms with Gasteiger partial charge in [-0.2, -0.15) is 0 Å². The Bertz CT molecular complexity index is 604. The SMILES string of the molecule is O=c1oc2c(Br)cc(Br)cc2c(O)c1Br. The maximum Gasteiger partial charge on any atom is 0.354 e. The Labute approximate surface area is 109 Å². The second-order valence-electron chi connectivity index (χ2n) is 2.82. The molecule has 0 radical (unpaired) electrons. The van der Waals surface area contributed by atoms with Gasteiger partial charge in [0.15, 0.2) is 5.58 Å². The van der Waals surface area contributed by atoms with Crippen LogP contribution in [0.3, 0.4) is 0 Å². The molecule has 0 atom stereocenters. The van der Waals surface area contributed by atoms with Crippen molar-refractivity contribution < 1.29 is 9.52 Å². The quantitative estimate of drug-likeness (QED) is 0.687. The molecule has 1 N–H and O–H groups in total. The predicted molar refractivity (Wildman–Crippen MR) is 67.2 cm³/mol. The molecule has 0 aliphatic carbocycles. The van der Waals surface area contributed by atoms with Gasteiger partial charge in [-0.3, -0.25) is 0 Å². The molecular weight excluding hydrogens is 396 g/mol. The van der Waals surface area contributed by atoms with Crippen LogP contribution in [-0.2, 0) is 0 Å². The Balaban J connectivity index is 3.05. The lowest BCUT2D eigenvalue weighted by atomic mass is 10.2. The van der Waals surface area contributed by atoms with E-state index in [9.17, 15) is 9.90 Å². The van der Waals surface area contributed by atoms with Crippen molar-refractivity contribution in [2.75, 3.05) is 0 Å². The molecule has 0 aliphatic rings. The minimum atomic E-state index is -0.608. The van der Waals surface area contributed by atoms with Gasteiger partial charge in [-0.15, -0.1) is 0 Å². The van der Waals surface area contributed by atoms with Gasteiger partial charge in [0.2, 0.25) is 0 Å². The zero-order valence-electron chi connectivity index (χ0n) is 7.05. The van der Waals surface area contributed by atoms with Gasteiger partial charge in [-0.05, 0) is 44.0 Å². The van der Waals surface area contributed by atoms with Crippen molar-refractivity contribution in [1.29, 1.82) is 0 Å². The highest BCUT2D eigenvalue weighted by molar-refractivity contribution is 9.11. The van der Waals surface area contributed by atoms with E-state index in [1.165, 1.54) is 0 Å². The largest absolute Gasteiger partial charge is 0.506 e. The van der Waals surface area contributed by atoms with E-state index in [-0.39, 0.29) is 10.2 Å². The minimum Gasteiger partial charge on any atom is -0.506 e. The molecule has 1 aromatic carbocycles. The van der Waals surface area contributed by atoms with Gasteiger partial charge in [0, 0.05) is 4.47 Å². The zero-order chi connectivity index (χ0) is 11.2. The number of halogens is 3. The highest BCUT2D eigenvalue weighted by atomic mass is 79.9. The molecule has 6 heteroatoms. The molecule has 0 aliphatic heterocycles. The number of aromatic hydroxyl groups is 1. The van der Waals surface area contributed by atoms with E-state index < -0.39 is 5.63 Å². The van der Waals surface area contributed by atoms with E-state index in [4.69, 9.17) is 4.42 Å². The van der Waals surface area contributed by atoms with E-state index >= 15 is 0 Å². The average molecular weight is 399 g/mol. The number of benzene rings is 1. The highest BCUT2D eigenvalue weighted by Crippen LogP contribution is 2.35. The molecule has 3 nitrogen and oxygen atoms in total. The fourth-order valence-corrected chi connectivity index (χ4v) is 2.79. The first-order valence-corrected chi connectivity index (χ1v) is 6.19. The Morgan fingerprint density at radius 1 is 1.20 bits per heavy atom. The first kappa shape index (κ1) is 11.2. The third-order valence-electron chi connectivity index (χ3n) is 1.85. The van der Waals surface area contributed by atoms with Gasteiger partial charge >= 0.3 is 5.63 Å². The summed E-state index contributed by atoms with van der Waals surface area (Å²) in [5.41, 5.74) is -0.285. The van der Waals surface area contributed by atoms with Crippen LogP contribution in [0.25, 0.3) is 11.0 Å². The summed E-state index contributed by atoms with van der Waals surface area (Å²) < 4.78 is 6.44. The first-order chi connectivity index (χ1) is 7.00. The monoisotopic (exact) mass is 396 g/mol. The molecule has 15 heavy (non-hydrogen) atoms. The van der Waals surface area contributed by atoms with Crippen LogP contribution in [-0.4, -0.2) is 5.11 Å². The summed E-state index contributed by atoms with van der Waals surface area (Å²) >= 11 is 9.50. The third kappa shape index (κ3) is 1.86. The van der Waals surface area contributed by atoms with E-state index in [1.54, 1.807) is 12.1 Å². The average Bonchev–Trinajstić information content (AvgIpc) is 2.17. The summed E-state index contributed by atoms with van der Waals surface area (Å²) in [4.78, 5) is 11.3. The van der Waals surface area contributed by atoms with Crippen LogP contribution in [0, 0.1) is 0 Å². The van der Waals surface area contributed by atoms with Gasteiger partial charge in [0.05, 0.1) is 9.86 Å². The van der Waals surface area contributed by atoms with Crippen molar-refractivity contribution >= 4 is 58.8 Å². The smallest absolute Gasteiger partial charge is 0.354 e. The summed E-state index contributed by atoms with van der Waals surface area (Å²) in [6, 6.07) is 3.40. The second-order valence-corrected chi connectivity index (χ2v) is 5.38. The molecule has 0 unspecified atom stereocenters. The standard InChI is InChI=1S/C9H3Br3O3/c10-3-1-4-7(13)6(12)9(14)15-8(4)5(11)2-3/h1-2,13H. The van der Waals surface area contributed by atoms with E-state index in [1.807, 2.05) is 0 Å². The van der Waals surface area contributed by atoms with Gasteiger partial charge in [-0.1, -0.05) is 15.9 Å². The van der Waals surface area contributed by atoms with E-state index in [0.29, 0.717) is 15.4 Å². The van der Waals surface area contributed by atoms with Gasteiger partial charge < -0.3 is 9.52 Å². The Hall–Kier alpha value is -0.330. The van der Waals surface area contributed by atoms with Crippen LogP contribution in [0.2, 0.25) is 0 Å². The van der Waals surface area contributed by atoms with Crippen LogP contribution in [0.4, 0.5) is 0 Å². The lowest BCUT2D eigenvalue weighted by Gasteiger charge is -2.03. The molecule has 0 spiro atoms. The molecular formula is C9H3Br3O3. The Kier molecular flexibility index (Phi) is 2.92. The summed E-state index contributed by atoms with van der Waals surface area (Å²) in [6.07, 6.45) is 0. The summed E-state index contributed by atoms with van der Waals surface area (Å²) in [6.45, 7) is 0. The van der Waals surface area contributed by atoms with Crippen LogP contribution in [0.15, 0.2) is 34.8 Å². The molecule has 2 aromatic rings. The third-order valence-corrected chi connectivity index (χ3v) is 3.59. The number of hydrogen-bond donors (Lipinski definition) is 1. The number of fused-ring (bicyclic) bond motifs is 1. The highest BCUT2D eigenvalue weighted by Gasteiger charge is 2.14. The Morgan fingerprint density at radius 2 is 1.87 bits per heavy atom. The maximum atomic E-state index is 11.3. The lowest BCUT2D eigenvalue weighted by molar-refractivity contribution is 0.462. The fraction of sp³-hybridized carbons (Fsp3) is 0. The van der Waals surface area contributed by atoms with Crippen molar-refractivity contribution in [3.8, 4) is 5.75 Å². The molecule has 0 bridgehead atoms. The molecule has 0 saturated heterocycles. The lowest BCUT2D eigenvalue weighted by Crippen LogP contribution is -1.99. The topological polar surface area (TPSA) is 50.4 Å². The van der Waals surface area contributed by atoms with Gasteiger partial charge in [0.25, 0.3) is 0 Å². The zero-order valence-corrected chi connectivity index (χ0v) is 11.8. The van der Waals surface area contributed by atoms with Crippen molar-refractivity contribution in [2.45, 2.75) is 0 Å².